The van der Waals surface area contributed by atoms with Crippen LogP contribution in [-0.4, -0.2) is 25.5 Å². The van der Waals surface area contributed by atoms with Crippen LogP contribution in [0.25, 0.3) is 0 Å². The largest absolute Gasteiger partial charge is 0.462 e. The number of esters is 1. The minimum absolute atomic E-state index is 0.0647. The molecule has 122 valence electrons. The van der Waals surface area contributed by atoms with Gasteiger partial charge < -0.3 is 9.64 Å². The molecule has 0 aromatic carbocycles. The van der Waals surface area contributed by atoms with Crippen molar-refractivity contribution in [1.29, 1.82) is 0 Å². The van der Waals surface area contributed by atoms with Gasteiger partial charge in [0.25, 0.3) is 0 Å². The predicted octanol–water partition coefficient (Wildman–Crippen LogP) is 4.48. The van der Waals surface area contributed by atoms with Crippen LogP contribution in [0.5, 0.6) is 0 Å². The highest BCUT2D eigenvalue weighted by molar-refractivity contribution is 9.11. The van der Waals surface area contributed by atoms with Crippen molar-refractivity contribution < 1.29 is 14.3 Å². The molecule has 1 fully saturated rings. The number of thiophene rings is 1. The number of hydrogen-bond acceptors (Lipinski definition) is 4. The van der Waals surface area contributed by atoms with Gasteiger partial charge >= 0.3 is 5.97 Å². The number of carbonyl (C=O) groups is 2. The quantitative estimate of drug-likeness (QED) is 0.715. The fraction of sp³-hybridized carbons (Fsp3) is 0.625. The lowest BCUT2D eigenvalue weighted by atomic mass is 9.82. The Morgan fingerprint density at radius 1 is 1.36 bits per heavy atom. The zero-order valence-corrected chi connectivity index (χ0v) is 15.6. The van der Waals surface area contributed by atoms with Crippen LogP contribution in [0.1, 0.15) is 49.2 Å². The van der Waals surface area contributed by atoms with Crippen molar-refractivity contribution in [2.45, 2.75) is 39.5 Å². The molecule has 22 heavy (non-hydrogen) atoms. The second-order valence-corrected chi connectivity index (χ2v) is 8.27. The fourth-order valence-electron chi connectivity index (χ4n) is 2.84. The second kappa shape index (κ2) is 7.59. The van der Waals surface area contributed by atoms with E-state index in [9.17, 15) is 9.59 Å². The Balaban J connectivity index is 2.16. The molecule has 0 aliphatic heterocycles. The molecule has 1 heterocycles. The van der Waals surface area contributed by atoms with Gasteiger partial charge in [0, 0.05) is 13.0 Å². The van der Waals surface area contributed by atoms with E-state index >= 15 is 0 Å². The molecule has 0 radical (unpaired) electrons. The molecule has 2 rings (SSSR count). The van der Waals surface area contributed by atoms with Crippen LogP contribution >= 0.6 is 27.3 Å². The van der Waals surface area contributed by atoms with Crippen LogP contribution < -0.4 is 4.90 Å². The molecule has 1 aromatic heterocycles. The van der Waals surface area contributed by atoms with Crippen molar-refractivity contribution in [2.24, 2.45) is 11.8 Å². The average Bonchev–Trinajstić information content (AvgIpc) is 2.89. The van der Waals surface area contributed by atoms with Gasteiger partial charge in [0.2, 0.25) is 5.91 Å². The third-order valence-electron chi connectivity index (χ3n) is 4.20. The van der Waals surface area contributed by atoms with Gasteiger partial charge in [-0.15, -0.1) is 11.3 Å². The van der Waals surface area contributed by atoms with E-state index in [0.29, 0.717) is 23.1 Å². The SMILES string of the molecule is CCOC(=O)c1sc(Br)cc1N(C)C(=O)C1CCC(C)CC1. The Kier molecular flexibility index (Phi) is 6.03. The minimum Gasteiger partial charge on any atom is -0.462 e. The first-order valence-corrected chi connectivity index (χ1v) is 9.29. The van der Waals surface area contributed by atoms with Crippen LogP contribution in [0.2, 0.25) is 0 Å². The highest BCUT2D eigenvalue weighted by atomic mass is 79.9. The maximum atomic E-state index is 12.7. The van der Waals surface area contributed by atoms with E-state index in [2.05, 4.69) is 22.9 Å². The van der Waals surface area contributed by atoms with E-state index in [-0.39, 0.29) is 17.8 Å². The number of hydrogen-bond donors (Lipinski definition) is 0. The van der Waals surface area contributed by atoms with Crippen molar-refractivity contribution in [3.8, 4) is 0 Å². The molecule has 0 unspecified atom stereocenters. The number of anilines is 1. The van der Waals surface area contributed by atoms with Gasteiger partial charge in [-0.25, -0.2) is 4.79 Å². The number of ether oxygens (including phenoxy) is 1. The molecule has 0 N–H and O–H groups in total. The van der Waals surface area contributed by atoms with E-state index in [1.807, 2.05) is 6.07 Å². The number of rotatable bonds is 4. The molecule has 0 bridgehead atoms. The summed E-state index contributed by atoms with van der Waals surface area (Å²) in [5.41, 5.74) is 0.638. The average molecular weight is 388 g/mol. The first-order valence-electron chi connectivity index (χ1n) is 7.68. The van der Waals surface area contributed by atoms with E-state index in [4.69, 9.17) is 4.74 Å². The molecule has 6 heteroatoms. The first-order chi connectivity index (χ1) is 10.4. The lowest BCUT2D eigenvalue weighted by Crippen LogP contribution is -2.35. The lowest BCUT2D eigenvalue weighted by Gasteiger charge is -2.29. The topological polar surface area (TPSA) is 46.6 Å². The summed E-state index contributed by atoms with van der Waals surface area (Å²) in [5, 5.41) is 0. The summed E-state index contributed by atoms with van der Waals surface area (Å²) in [6.45, 7) is 4.34. The van der Waals surface area contributed by atoms with E-state index in [1.165, 1.54) is 11.3 Å². The van der Waals surface area contributed by atoms with Crippen molar-refractivity contribution in [3.63, 3.8) is 0 Å². The van der Waals surface area contributed by atoms with Crippen LogP contribution in [0, 0.1) is 11.8 Å². The second-order valence-electron chi connectivity index (χ2n) is 5.84. The monoisotopic (exact) mass is 387 g/mol. The van der Waals surface area contributed by atoms with Gasteiger partial charge in [-0.1, -0.05) is 6.92 Å². The predicted molar refractivity (Wildman–Crippen MR) is 92.5 cm³/mol. The van der Waals surface area contributed by atoms with E-state index < -0.39 is 0 Å². The van der Waals surface area contributed by atoms with E-state index in [1.54, 1.807) is 18.9 Å². The van der Waals surface area contributed by atoms with Crippen molar-refractivity contribution in [3.05, 3.63) is 14.7 Å². The molecule has 0 atom stereocenters. The Labute approximate surface area is 144 Å². The molecule has 0 spiro atoms. The van der Waals surface area contributed by atoms with Gasteiger partial charge in [-0.2, -0.15) is 0 Å². The van der Waals surface area contributed by atoms with Crippen LogP contribution in [0.15, 0.2) is 9.85 Å². The van der Waals surface area contributed by atoms with Crippen LogP contribution in [0.4, 0.5) is 5.69 Å². The maximum absolute atomic E-state index is 12.7. The summed E-state index contributed by atoms with van der Waals surface area (Å²) >= 11 is 4.70. The number of amides is 1. The van der Waals surface area contributed by atoms with Crippen LogP contribution in [0.3, 0.4) is 0 Å². The van der Waals surface area contributed by atoms with Gasteiger partial charge in [0.1, 0.15) is 4.88 Å². The summed E-state index contributed by atoms with van der Waals surface area (Å²) in [7, 11) is 1.75. The number of halogens is 1. The Bertz CT molecular complexity index is 550. The summed E-state index contributed by atoms with van der Waals surface area (Å²) in [5.74, 6) is 0.502. The van der Waals surface area contributed by atoms with Gasteiger partial charge in [0.05, 0.1) is 16.1 Å². The molecule has 0 saturated heterocycles. The highest BCUT2D eigenvalue weighted by Crippen LogP contribution is 2.36. The molecular weight excluding hydrogens is 366 g/mol. The van der Waals surface area contributed by atoms with Gasteiger partial charge in [0.15, 0.2) is 0 Å². The Morgan fingerprint density at radius 3 is 2.59 bits per heavy atom. The smallest absolute Gasteiger partial charge is 0.350 e. The Morgan fingerprint density at radius 2 is 2.00 bits per heavy atom. The summed E-state index contributed by atoms with van der Waals surface area (Å²) in [6, 6.07) is 1.82. The Hall–Kier alpha value is -0.880. The summed E-state index contributed by atoms with van der Waals surface area (Å²) in [4.78, 5) is 26.9. The van der Waals surface area contributed by atoms with E-state index in [0.717, 1.165) is 29.5 Å². The van der Waals surface area contributed by atoms with Crippen LogP contribution in [-0.2, 0) is 9.53 Å². The molecule has 4 nitrogen and oxygen atoms in total. The molecule has 1 amide bonds. The van der Waals surface area contributed by atoms with Gasteiger partial charge in [-0.3, -0.25) is 4.79 Å². The normalized spacial score (nSPS) is 21.5. The summed E-state index contributed by atoms with van der Waals surface area (Å²) in [6.07, 6.45) is 4.07. The third kappa shape index (κ3) is 3.90. The lowest BCUT2D eigenvalue weighted by molar-refractivity contribution is -0.123. The molecule has 1 saturated carbocycles. The maximum Gasteiger partial charge on any atom is 0.350 e. The first kappa shape index (κ1) is 17.5. The molecule has 1 aromatic rings. The number of nitrogens with zero attached hydrogens (tertiary/aromatic N) is 1. The number of carbonyl (C=O) groups excluding carboxylic acids is 2. The molecule has 1 aliphatic carbocycles. The van der Waals surface area contributed by atoms with Crippen molar-refractivity contribution >= 4 is 44.8 Å². The highest BCUT2D eigenvalue weighted by Gasteiger charge is 2.30. The fourth-order valence-corrected chi connectivity index (χ4v) is 4.35. The van der Waals surface area contributed by atoms with Crippen molar-refractivity contribution in [1.82, 2.24) is 0 Å². The zero-order chi connectivity index (χ0) is 16.3. The molecular formula is C16H22BrNO3S. The zero-order valence-electron chi connectivity index (χ0n) is 13.2. The summed E-state index contributed by atoms with van der Waals surface area (Å²) < 4.78 is 5.91. The standard InChI is InChI=1S/C16H22BrNO3S/c1-4-21-16(20)14-12(9-13(17)22-14)18(3)15(19)11-7-5-10(2)6-8-11/h9-11H,4-8H2,1-3H3. The van der Waals surface area contributed by atoms with Gasteiger partial charge in [-0.05, 0) is 60.5 Å². The molecule has 1 aliphatic rings. The third-order valence-corrected chi connectivity index (χ3v) is 5.81. The van der Waals surface area contributed by atoms with Crippen molar-refractivity contribution in [2.75, 3.05) is 18.6 Å². The minimum atomic E-state index is -0.370.